The average Bonchev–Trinajstić information content (AvgIpc) is 2.76. The summed E-state index contributed by atoms with van der Waals surface area (Å²) in [6, 6.07) is 1.92. The van der Waals surface area contributed by atoms with Crippen molar-refractivity contribution in [3.63, 3.8) is 0 Å². The van der Waals surface area contributed by atoms with Crippen LogP contribution in [0.3, 0.4) is 0 Å². The van der Waals surface area contributed by atoms with E-state index >= 15 is 0 Å². The number of fused-ring (bicyclic) bond motifs is 1. The maximum absolute atomic E-state index is 11.3. The van der Waals surface area contributed by atoms with E-state index in [-0.39, 0.29) is 0 Å². The molecule has 0 fully saturated rings. The molecule has 19 heavy (non-hydrogen) atoms. The molecular weight excluding hydrogens is 244 g/mol. The molecule has 0 spiro atoms. The Hall–Kier alpha value is -2.11. The lowest BCUT2D eigenvalue weighted by Gasteiger charge is -2.23. The van der Waals surface area contributed by atoms with Gasteiger partial charge >= 0.3 is 5.97 Å². The molecular formula is C13H18N4O2. The Morgan fingerprint density at radius 1 is 1.58 bits per heavy atom. The van der Waals surface area contributed by atoms with Gasteiger partial charge in [0.1, 0.15) is 5.52 Å². The number of anilines is 1. The highest BCUT2D eigenvalue weighted by Crippen LogP contribution is 2.23. The fraction of sp³-hybridized carbons (Fsp3) is 0.462. The van der Waals surface area contributed by atoms with Crippen LogP contribution in [0.25, 0.3) is 5.52 Å². The number of carboxylic acid groups (broad SMARTS) is 1. The maximum atomic E-state index is 11.3. The van der Waals surface area contributed by atoms with Crippen molar-refractivity contribution in [3.05, 3.63) is 24.2 Å². The first-order chi connectivity index (χ1) is 8.96. The summed E-state index contributed by atoms with van der Waals surface area (Å²) in [6.45, 7) is 5.83. The Morgan fingerprint density at radius 2 is 2.32 bits per heavy atom. The summed E-state index contributed by atoms with van der Waals surface area (Å²) in [4.78, 5) is 15.5. The van der Waals surface area contributed by atoms with Crippen molar-refractivity contribution in [3.8, 4) is 0 Å². The zero-order chi connectivity index (χ0) is 14.0. The van der Waals surface area contributed by atoms with Crippen molar-refractivity contribution < 1.29 is 9.90 Å². The lowest BCUT2D eigenvalue weighted by molar-refractivity contribution is -0.147. The third kappa shape index (κ3) is 2.52. The quantitative estimate of drug-likeness (QED) is 0.861. The van der Waals surface area contributed by atoms with Crippen LogP contribution in [0, 0.1) is 12.3 Å². The molecule has 6 heteroatoms. The first-order valence-electron chi connectivity index (χ1n) is 6.24. The molecule has 1 atom stereocenters. The Labute approximate surface area is 111 Å². The third-order valence-corrected chi connectivity index (χ3v) is 3.45. The van der Waals surface area contributed by atoms with Crippen molar-refractivity contribution in [2.75, 3.05) is 11.9 Å². The average molecular weight is 262 g/mol. The molecule has 6 nitrogen and oxygen atoms in total. The first-order valence-corrected chi connectivity index (χ1v) is 6.24. The van der Waals surface area contributed by atoms with Gasteiger partial charge in [0.25, 0.3) is 0 Å². The van der Waals surface area contributed by atoms with E-state index in [0.29, 0.717) is 18.8 Å². The van der Waals surface area contributed by atoms with Crippen molar-refractivity contribution in [1.29, 1.82) is 0 Å². The zero-order valence-electron chi connectivity index (χ0n) is 11.3. The van der Waals surface area contributed by atoms with Gasteiger partial charge in [-0.15, -0.1) is 0 Å². The lowest BCUT2D eigenvalue weighted by atomic mass is 9.88. The van der Waals surface area contributed by atoms with E-state index in [1.54, 1.807) is 23.8 Å². The molecule has 2 rings (SSSR count). The van der Waals surface area contributed by atoms with Crippen LogP contribution in [0.1, 0.15) is 26.0 Å². The van der Waals surface area contributed by atoms with Crippen LogP contribution in [0.5, 0.6) is 0 Å². The number of nitrogens with zero attached hydrogens (tertiary/aromatic N) is 3. The molecule has 2 aromatic heterocycles. The van der Waals surface area contributed by atoms with E-state index < -0.39 is 11.4 Å². The molecule has 102 valence electrons. The van der Waals surface area contributed by atoms with E-state index in [1.807, 2.05) is 19.9 Å². The molecule has 0 radical (unpaired) electrons. The van der Waals surface area contributed by atoms with Crippen molar-refractivity contribution in [2.45, 2.75) is 27.2 Å². The van der Waals surface area contributed by atoms with Gasteiger partial charge in [0.15, 0.2) is 5.82 Å². The van der Waals surface area contributed by atoms with E-state index in [0.717, 1.165) is 11.2 Å². The summed E-state index contributed by atoms with van der Waals surface area (Å²) in [5, 5.41) is 16.7. The Bertz CT molecular complexity index is 608. The first kappa shape index (κ1) is 13.3. The van der Waals surface area contributed by atoms with Crippen LogP contribution in [-0.2, 0) is 4.79 Å². The maximum Gasteiger partial charge on any atom is 0.311 e. The van der Waals surface area contributed by atoms with Gasteiger partial charge in [-0.1, -0.05) is 6.92 Å². The fourth-order valence-electron chi connectivity index (χ4n) is 1.81. The molecule has 0 aliphatic rings. The second-order valence-corrected chi connectivity index (χ2v) is 4.96. The molecule has 0 saturated carbocycles. The van der Waals surface area contributed by atoms with E-state index in [9.17, 15) is 9.90 Å². The number of aliphatic carboxylic acids is 1. The molecule has 1 unspecified atom stereocenters. The summed E-state index contributed by atoms with van der Waals surface area (Å²) in [5.74, 6) is -0.150. The molecule has 0 amide bonds. The number of carbonyl (C=O) groups is 1. The van der Waals surface area contributed by atoms with Gasteiger partial charge in [-0.05, 0) is 26.3 Å². The number of carboxylic acids is 1. The largest absolute Gasteiger partial charge is 0.481 e. The van der Waals surface area contributed by atoms with E-state index in [1.165, 1.54) is 0 Å². The van der Waals surface area contributed by atoms with E-state index in [4.69, 9.17) is 0 Å². The Kier molecular flexibility index (Phi) is 3.42. The molecule has 0 bridgehead atoms. The smallest absolute Gasteiger partial charge is 0.311 e. The number of aryl methyl sites for hydroxylation is 1. The van der Waals surface area contributed by atoms with Gasteiger partial charge in [-0.25, -0.2) is 9.50 Å². The van der Waals surface area contributed by atoms with Crippen LogP contribution in [0.2, 0.25) is 0 Å². The SMILES string of the molecule is CCC(C)(CNc1nccn2nc(C)cc12)C(=O)O. The van der Waals surface area contributed by atoms with Crippen LogP contribution in [-0.4, -0.2) is 32.2 Å². The second-order valence-electron chi connectivity index (χ2n) is 4.96. The van der Waals surface area contributed by atoms with Crippen LogP contribution >= 0.6 is 0 Å². The van der Waals surface area contributed by atoms with E-state index in [2.05, 4.69) is 15.4 Å². The minimum absolute atomic E-state index is 0.329. The molecule has 2 aromatic rings. The summed E-state index contributed by atoms with van der Waals surface area (Å²) in [6.07, 6.45) is 3.96. The number of hydrogen-bond acceptors (Lipinski definition) is 4. The summed E-state index contributed by atoms with van der Waals surface area (Å²) < 4.78 is 1.73. The minimum atomic E-state index is -0.806. The lowest BCUT2D eigenvalue weighted by Crippen LogP contribution is -2.34. The van der Waals surface area contributed by atoms with Crippen LogP contribution in [0.15, 0.2) is 18.5 Å². The van der Waals surface area contributed by atoms with Crippen molar-refractivity contribution >= 4 is 17.3 Å². The zero-order valence-corrected chi connectivity index (χ0v) is 11.3. The second kappa shape index (κ2) is 4.87. The standard InChI is InChI=1S/C13H18N4O2/c1-4-13(3,12(18)19)8-15-11-10-7-9(2)16-17(10)6-5-14-11/h5-7H,4,8H2,1-3H3,(H,14,15)(H,18,19). The normalized spacial score (nSPS) is 14.3. The van der Waals surface area contributed by atoms with Crippen LogP contribution < -0.4 is 5.32 Å². The summed E-state index contributed by atoms with van der Waals surface area (Å²) in [5.41, 5.74) is 0.945. The molecule has 2 N–H and O–H groups in total. The van der Waals surface area contributed by atoms with Gasteiger partial charge < -0.3 is 10.4 Å². The minimum Gasteiger partial charge on any atom is -0.481 e. The predicted octanol–water partition coefficient (Wildman–Crippen LogP) is 1.95. The Balaban J connectivity index is 2.24. The number of nitrogens with one attached hydrogen (secondary N) is 1. The summed E-state index contributed by atoms with van der Waals surface area (Å²) in [7, 11) is 0. The molecule has 0 aliphatic heterocycles. The molecule has 2 heterocycles. The van der Waals surface area contributed by atoms with Gasteiger partial charge in [0.2, 0.25) is 0 Å². The number of aromatic nitrogens is 3. The Morgan fingerprint density at radius 3 is 2.95 bits per heavy atom. The predicted molar refractivity (Wildman–Crippen MR) is 72.2 cm³/mol. The van der Waals surface area contributed by atoms with Gasteiger partial charge in [-0.2, -0.15) is 5.10 Å². The van der Waals surface area contributed by atoms with Gasteiger partial charge in [-0.3, -0.25) is 4.79 Å². The number of rotatable bonds is 5. The highest BCUT2D eigenvalue weighted by Gasteiger charge is 2.31. The number of hydrogen-bond donors (Lipinski definition) is 2. The summed E-state index contributed by atoms with van der Waals surface area (Å²) >= 11 is 0. The van der Waals surface area contributed by atoms with Crippen molar-refractivity contribution in [1.82, 2.24) is 14.6 Å². The van der Waals surface area contributed by atoms with Gasteiger partial charge in [0, 0.05) is 18.9 Å². The monoisotopic (exact) mass is 262 g/mol. The topological polar surface area (TPSA) is 79.5 Å². The highest BCUT2D eigenvalue weighted by molar-refractivity contribution is 5.75. The van der Waals surface area contributed by atoms with Crippen molar-refractivity contribution in [2.24, 2.45) is 5.41 Å². The third-order valence-electron chi connectivity index (χ3n) is 3.45. The van der Waals surface area contributed by atoms with Crippen LogP contribution in [0.4, 0.5) is 5.82 Å². The fourth-order valence-corrected chi connectivity index (χ4v) is 1.81. The van der Waals surface area contributed by atoms with Gasteiger partial charge in [0.05, 0.1) is 11.1 Å². The molecule has 0 aliphatic carbocycles. The highest BCUT2D eigenvalue weighted by atomic mass is 16.4. The molecule has 0 aromatic carbocycles. The molecule has 0 saturated heterocycles.